The second-order valence-electron chi connectivity index (χ2n) is 7.09. The van der Waals surface area contributed by atoms with E-state index in [9.17, 15) is 4.39 Å². The van der Waals surface area contributed by atoms with Crippen LogP contribution in [0.4, 0.5) is 10.3 Å². The van der Waals surface area contributed by atoms with Gasteiger partial charge in [-0.3, -0.25) is 0 Å². The molecule has 30 heavy (non-hydrogen) atoms. The third-order valence-corrected chi connectivity index (χ3v) is 5.80. The number of aliphatic imine (C=N–C) groups is 1. The Hall–Kier alpha value is -3.17. The van der Waals surface area contributed by atoms with Crippen molar-refractivity contribution in [3.05, 3.63) is 59.4 Å². The van der Waals surface area contributed by atoms with Crippen LogP contribution >= 0.6 is 11.3 Å². The molecule has 2 aliphatic heterocycles. The number of fused-ring (bicyclic) bond motifs is 1. The molecule has 0 bridgehead atoms. The number of benzene rings is 1. The molecule has 2 aromatic heterocycles. The van der Waals surface area contributed by atoms with E-state index in [0.717, 1.165) is 48.4 Å². The van der Waals surface area contributed by atoms with Crippen molar-refractivity contribution in [3.8, 4) is 11.3 Å². The molecule has 152 valence electrons. The Morgan fingerprint density at radius 2 is 2.10 bits per heavy atom. The van der Waals surface area contributed by atoms with Crippen molar-refractivity contribution >= 4 is 33.7 Å². The molecule has 0 saturated carbocycles. The first-order chi connectivity index (χ1) is 14.7. The lowest BCUT2D eigenvalue weighted by molar-refractivity contribution is 0.323. The Morgan fingerprint density at radius 3 is 2.93 bits per heavy atom. The van der Waals surface area contributed by atoms with E-state index in [-0.39, 0.29) is 5.69 Å². The van der Waals surface area contributed by atoms with Gasteiger partial charge >= 0.3 is 0 Å². The molecule has 4 heterocycles. The zero-order chi connectivity index (χ0) is 20.3. The fourth-order valence-electron chi connectivity index (χ4n) is 3.44. The van der Waals surface area contributed by atoms with Crippen LogP contribution in [-0.4, -0.2) is 52.2 Å². The van der Waals surface area contributed by atoms with Crippen molar-refractivity contribution in [2.45, 2.75) is 6.42 Å². The van der Waals surface area contributed by atoms with Gasteiger partial charge in [-0.1, -0.05) is 6.07 Å². The van der Waals surface area contributed by atoms with Crippen molar-refractivity contribution < 1.29 is 4.39 Å². The average molecular weight is 422 g/mol. The predicted molar refractivity (Wildman–Crippen MR) is 118 cm³/mol. The largest absolute Gasteiger partial charge is 0.375 e. The normalized spacial score (nSPS) is 18.1. The van der Waals surface area contributed by atoms with Crippen molar-refractivity contribution in [3.63, 3.8) is 0 Å². The number of rotatable bonds is 4. The lowest BCUT2D eigenvalue weighted by Gasteiger charge is -2.26. The summed E-state index contributed by atoms with van der Waals surface area (Å²) in [4.78, 5) is 19.5. The molecule has 1 fully saturated rings. The van der Waals surface area contributed by atoms with E-state index < -0.39 is 5.82 Å². The average Bonchev–Trinajstić information content (AvgIpc) is 3.25. The quantitative estimate of drug-likeness (QED) is 0.672. The van der Waals surface area contributed by atoms with Gasteiger partial charge in [0.05, 0.1) is 21.9 Å². The minimum absolute atomic E-state index is 0.238. The van der Waals surface area contributed by atoms with Gasteiger partial charge in [0.15, 0.2) is 5.82 Å². The summed E-state index contributed by atoms with van der Waals surface area (Å²) in [5.74, 6) is 0.486. The highest BCUT2D eigenvalue weighted by Gasteiger charge is 2.13. The molecule has 0 spiro atoms. The standard InChI is InChI=1S/C21H20FN7S/c22-16-11-25-21(28-20(16)15-2-3-18-17(9-15)26-13-30-18)27-19-4-1-14(10-24-19)12-29-7-5-23-6-8-29/h2-4,9-13,23H,1,5-8H2,(H,25,27,28). The maximum absolute atomic E-state index is 14.4. The molecule has 9 heteroatoms. The summed E-state index contributed by atoms with van der Waals surface area (Å²) >= 11 is 1.55. The SMILES string of the molecule is Fc1cnc(NC2=CCC(=CN3CCNCC3)C=N2)nc1-c1ccc2scnc2c1. The number of allylic oxidation sites excluding steroid dienone is 2. The van der Waals surface area contributed by atoms with Crippen LogP contribution in [0.3, 0.4) is 0 Å². The molecule has 1 aromatic carbocycles. The highest BCUT2D eigenvalue weighted by Crippen LogP contribution is 2.27. The second-order valence-corrected chi connectivity index (χ2v) is 7.98. The van der Waals surface area contributed by atoms with E-state index in [1.54, 1.807) is 16.8 Å². The number of thiazole rings is 1. The summed E-state index contributed by atoms with van der Waals surface area (Å²) in [6.07, 6.45) is 7.95. The predicted octanol–water partition coefficient (Wildman–Crippen LogP) is 3.41. The molecule has 0 atom stereocenters. The highest BCUT2D eigenvalue weighted by molar-refractivity contribution is 7.16. The van der Waals surface area contributed by atoms with Gasteiger partial charge in [0.2, 0.25) is 5.95 Å². The second kappa shape index (κ2) is 8.29. The zero-order valence-electron chi connectivity index (χ0n) is 16.2. The van der Waals surface area contributed by atoms with Crippen LogP contribution in [-0.2, 0) is 0 Å². The number of piperazine rings is 1. The summed E-state index contributed by atoms with van der Waals surface area (Å²) in [5.41, 5.74) is 4.66. The molecule has 2 aliphatic rings. The lowest BCUT2D eigenvalue weighted by Crippen LogP contribution is -2.40. The van der Waals surface area contributed by atoms with Crippen LogP contribution in [0.25, 0.3) is 21.5 Å². The topological polar surface area (TPSA) is 78.3 Å². The maximum Gasteiger partial charge on any atom is 0.229 e. The van der Waals surface area contributed by atoms with Crippen LogP contribution in [0, 0.1) is 5.82 Å². The lowest BCUT2D eigenvalue weighted by atomic mass is 10.1. The summed E-state index contributed by atoms with van der Waals surface area (Å²) in [6, 6.07) is 5.62. The van der Waals surface area contributed by atoms with Gasteiger partial charge in [0.1, 0.15) is 11.5 Å². The smallest absolute Gasteiger partial charge is 0.229 e. The molecule has 0 aliphatic carbocycles. The molecule has 7 nitrogen and oxygen atoms in total. The summed E-state index contributed by atoms with van der Waals surface area (Å²) in [7, 11) is 0. The summed E-state index contributed by atoms with van der Waals surface area (Å²) in [5, 5.41) is 6.43. The number of anilines is 1. The maximum atomic E-state index is 14.4. The first-order valence-electron chi connectivity index (χ1n) is 9.77. The van der Waals surface area contributed by atoms with E-state index in [1.165, 1.54) is 6.20 Å². The van der Waals surface area contributed by atoms with Crippen LogP contribution < -0.4 is 10.6 Å². The number of hydrogen-bond donors (Lipinski definition) is 2. The van der Waals surface area contributed by atoms with E-state index in [0.29, 0.717) is 17.3 Å². The van der Waals surface area contributed by atoms with Gasteiger partial charge in [-0.2, -0.15) is 0 Å². The van der Waals surface area contributed by atoms with E-state index >= 15 is 0 Å². The Balaban J connectivity index is 1.31. The fraction of sp³-hybridized carbons (Fsp3) is 0.238. The molecule has 0 amide bonds. The van der Waals surface area contributed by atoms with E-state index in [4.69, 9.17) is 0 Å². The van der Waals surface area contributed by atoms with Gasteiger partial charge in [0, 0.05) is 44.2 Å². The molecule has 2 N–H and O–H groups in total. The zero-order valence-corrected chi connectivity index (χ0v) is 17.0. The Morgan fingerprint density at radius 1 is 1.20 bits per heavy atom. The van der Waals surface area contributed by atoms with Gasteiger partial charge in [-0.25, -0.2) is 24.3 Å². The van der Waals surface area contributed by atoms with Gasteiger partial charge < -0.3 is 15.5 Å². The Labute approximate surface area is 177 Å². The van der Waals surface area contributed by atoms with Crippen molar-refractivity contribution in [1.82, 2.24) is 25.2 Å². The monoisotopic (exact) mass is 421 g/mol. The van der Waals surface area contributed by atoms with Crippen LogP contribution in [0.15, 0.2) is 58.6 Å². The Bertz CT molecular complexity index is 1160. The molecular formula is C21H20FN7S. The molecule has 3 aromatic rings. The van der Waals surface area contributed by atoms with Crippen molar-refractivity contribution in [2.75, 3.05) is 31.5 Å². The minimum Gasteiger partial charge on any atom is -0.375 e. The summed E-state index contributed by atoms with van der Waals surface area (Å²) < 4.78 is 15.5. The number of aromatic nitrogens is 3. The molecular weight excluding hydrogens is 401 g/mol. The van der Waals surface area contributed by atoms with Crippen LogP contribution in [0.2, 0.25) is 0 Å². The molecule has 0 unspecified atom stereocenters. The van der Waals surface area contributed by atoms with Gasteiger partial charge in [-0.15, -0.1) is 11.3 Å². The number of nitrogens with one attached hydrogen (secondary N) is 2. The van der Waals surface area contributed by atoms with Gasteiger partial charge in [0.25, 0.3) is 0 Å². The third kappa shape index (κ3) is 4.07. The first-order valence-corrected chi connectivity index (χ1v) is 10.7. The fourth-order valence-corrected chi connectivity index (χ4v) is 4.10. The number of nitrogens with zero attached hydrogens (tertiary/aromatic N) is 5. The highest BCUT2D eigenvalue weighted by atomic mass is 32.1. The number of hydrogen-bond acceptors (Lipinski definition) is 8. The van der Waals surface area contributed by atoms with Crippen LogP contribution in [0.5, 0.6) is 0 Å². The van der Waals surface area contributed by atoms with Gasteiger partial charge in [-0.05, 0) is 30.2 Å². The van der Waals surface area contributed by atoms with Crippen molar-refractivity contribution in [1.29, 1.82) is 0 Å². The molecule has 0 radical (unpaired) electrons. The Kier molecular flexibility index (Phi) is 5.20. The van der Waals surface area contributed by atoms with E-state index in [2.05, 4.69) is 41.7 Å². The summed E-state index contributed by atoms with van der Waals surface area (Å²) in [6.45, 7) is 4.02. The first kappa shape index (κ1) is 18.8. The number of halogens is 1. The molecule has 1 saturated heterocycles. The third-order valence-electron chi connectivity index (χ3n) is 4.99. The van der Waals surface area contributed by atoms with Crippen molar-refractivity contribution in [2.24, 2.45) is 4.99 Å². The minimum atomic E-state index is -0.475. The van der Waals surface area contributed by atoms with E-state index in [1.807, 2.05) is 30.5 Å². The van der Waals surface area contributed by atoms with Crippen LogP contribution in [0.1, 0.15) is 6.42 Å². The molecule has 5 rings (SSSR count).